The minimum atomic E-state index is 0.0605. The maximum atomic E-state index is 11.6. The highest BCUT2D eigenvalue weighted by Crippen LogP contribution is 2.15. The number of methoxy groups -OCH3 is 1. The first kappa shape index (κ1) is 14.2. The van der Waals surface area contributed by atoms with Crippen molar-refractivity contribution in [2.45, 2.75) is 19.9 Å². The topological polar surface area (TPSA) is 38.3 Å². The smallest absolute Gasteiger partial charge is 0.220 e. The maximum Gasteiger partial charge on any atom is 0.220 e. The van der Waals surface area contributed by atoms with Crippen molar-refractivity contribution in [3.63, 3.8) is 0 Å². The second kappa shape index (κ2) is 7.45. The van der Waals surface area contributed by atoms with Gasteiger partial charge >= 0.3 is 0 Å². The predicted molar refractivity (Wildman–Crippen MR) is 71.6 cm³/mol. The first-order valence-corrected chi connectivity index (χ1v) is 6.41. The van der Waals surface area contributed by atoms with E-state index in [-0.39, 0.29) is 11.8 Å². The van der Waals surface area contributed by atoms with Crippen LogP contribution in [0.4, 0.5) is 0 Å². The van der Waals surface area contributed by atoms with Crippen LogP contribution in [-0.2, 0) is 16.1 Å². The van der Waals surface area contributed by atoms with Crippen molar-refractivity contribution in [3.05, 3.63) is 34.3 Å². The van der Waals surface area contributed by atoms with Gasteiger partial charge in [0, 0.05) is 31.2 Å². The van der Waals surface area contributed by atoms with Crippen LogP contribution < -0.4 is 5.32 Å². The molecule has 1 rings (SSSR count). The Morgan fingerprint density at radius 1 is 1.47 bits per heavy atom. The quantitative estimate of drug-likeness (QED) is 0.877. The van der Waals surface area contributed by atoms with Crippen LogP contribution in [0.1, 0.15) is 18.9 Å². The van der Waals surface area contributed by atoms with Crippen molar-refractivity contribution >= 4 is 21.8 Å². The fourth-order valence-electron chi connectivity index (χ4n) is 1.57. The molecule has 0 aromatic heterocycles. The van der Waals surface area contributed by atoms with Crippen molar-refractivity contribution in [3.8, 4) is 0 Å². The van der Waals surface area contributed by atoms with Gasteiger partial charge in [0.05, 0.1) is 0 Å². The molecule has 0 bridgehead atoms. The molecule has 0 spiro atoms. The van der Waals surface area contributed by atoms with E-state index in [9.17, 15) is 4.79 Å². The number of hydrogen-bond donors (Lipinski definition) is 1. The van der Waals surface area contributed by atoms with E-state index >= 15 is 0 Å². The highest BCUT2D eigenvalue weighted by molar-refractivity contribution is 9.10. The minimum absolute atomic E-state index is 0.0605. The molecule has 0 aliphatic rings. The highest BCUT2D eigenvalue weighted by atomic mass is 79.9. The molecule has 1 atom stereocenters. The SMILES string of the molecule is COCC(C)CC(=O)NCc1ccccc1Br. The van der Waals surface area contributed by atoms with Gasteiger partial charge in [-0.2, -0.15) is 0 Å². The van der Waals surface area contributed by atoms with Gasteiger partial charge in [-0.1, -0.05) is 41.1 Å². The predicted octanol–water partition coefficient (Wildman–Crippen LogP) is 2.74. The number of carbonyl (C=O) groups excluding carboxylic acids is 1. The van der Waals surface area contributed by atoms with Gasteiger partial charge in [-0.25, -0.2) is 0 Å². The van der Waals surface area contributed by atoms with Crippen LogP contribution in [-0.4, -0.2) is 19.6 Å². The molecule has 0 aliphatic carbocycles. The molecule has 1 aromatic carbocycles. The highest BCUT2D eigenvalue weighted by Gasteiger charge is 2.08. The molecule has 0 fully saturated rings. The Balaban J connectivity index is 2.36. The number of rotatable bonds is 6. The number of carbonyl (C=O) groups is 1. The first-order chi connectivity index (χ1) is 8.13. The number of ether oxygens (including phenoxy) is 1. The molecule has 0 aliphatic heterocycles. The van der Waals surface area contributed by atoms with Crippen molar-refractivity contribution in [2.75, 3.05) is 13.7 Å². The third-order valence-corrected chi connectivity index (χ3v) is 3.19. The third-order valence-electron chi connectivity index (χ3n) is 2.42. The molecule has 0 saturated carbocycles. The lowest BCUT2D eigenvalue weighted by Gasteiger charge is -2.11. The molecule has 0 heterocycles. The fourth-order valence-corrected chi connectivity index (χ4v) is 1.99. The van der Waals surface area contributed by atoms with E-state index in [2.05, 4.69) is 21.2 Å². The Morgan fingerprint density at radius 3 is 2.82 bits per heavy atom. The van der Waals surface area contributed by atoms with Gasteiger partial charge in [0.25, 0.3) is 0 Å². The van der Waals surface area contributed by atoms with Gasteiger partial charge in [-0.3, -0.25) is 4.79 Å². The Bertz CT molecular complexity index is 368. The summed E-state index contributed by atoms with van der Waals surface area (Å²) in [5, 5.41) is 2.90. The molecule has 1 amide bonds. The summed E-state index contributed by atoms with van der Waals surface area (Å²) < 4.78 is 6.02. The summed E-state index contributed by atoms with van der Waals surface area (Å²) in [6.45, 7) is 3.17. The van der Waals surface area contributed by atoms with Crippen LogP contribution in [0.2, 0.25) is 0 Å². The van der Waals surface area contributed by atoms with Crippen molar-refractivity contribution < 1.29 is 9.53 Å². The van der Waals surface area contributed by atoms with Gasteiger partial charge in [0.1, 0.15) is 0 Å². The molecule has 1 aromatic rings. The van der Waals surface area contributed by atoms with E-state index < -0.39 is 0 Å². The number of nitrogens with one attached hydrogen (secondary N) is 1. The van der Waals surface area contributed by atoms with Gasteiger partial charge in [-0.15, -0.1) is 0 Å². The summed E-state index contributed by atoms with van der Waals surface area (Å²) in [5.74, 6) is 0.310. The zero-order valence-corrected chi connectivity index (χ0v) is 11.8. The number of benzene rings is 1. The summed E-state index contributed by atoms with van der Waals surface area (Å²) in [6, 6.07) is 7.87. The van der Waals surface area contributed by atoms with E-state index in [1.165, 1.54) is 0 Å². The minimum Gasteiger partial charge on any atom is -0.384 e. The normalized spacial score (nSPS) is 12.2. The molecule has 1 unspecified atom stereocenters. The van der Waals surface area contributed by atoms with E-state index in [0.717, 1.165) is 10.0 Å². The molecule has 17 heavy (non-hydrogen) atoms. The second-order valence-electron chi connectivity index (χ2n) is 4.13. The molecule has 94 valence electrons. The average Bonchev–Trinajstić information content (AvgIpc) is 2.28. The van der Waals surface area contributed by atoms with Crippen LogP contribution in [0.15, 0.2) is 28.7 Å². The van der Waals surface area contributed by atoms with Crippen LogP contribution in [0, 0.1) is 5.92 Å². The average molecular weight is 300 g/mol. The Labute approximate surface area is 111 Å². The standard InChI is InChI=1S/C13H18BrNO2/c1-10(9-17-2)7-13(16)15-8-11-5-3-4-6-12(11)14/h3-6,10H,7-9H2,1-2H3,(H,15,16). The summed E-state index contributed by atoms with van der Waals surface area (Å²) in [7, 11) is 1.65. The number of hydrogen-bond acceptors (Lipinski definition) is 2. The first-order valence-electron chi connectivity index (χ1n) is 5.62. The van der Waals surface area contributed by atoms with E-state index in [0.29, 0.717) is 19.6 Å². The molecule has 0 saturated heterocycles. The monoisotopic (exact) mass is 299 g/mol. The van der Waals surface area contributed by atoms with E-state index in [1.54, 1.807) is 7.11 Å². The zero-order valence-electron chi connectivity index (χ0n) is 10.2. The summed E-state index contributed by atoms with van der Waals surface area (Å²) in [4.78, 5) is 11.6. The lowest BCUT2D eigenvalue weighted by Crippen LogP contribution is -2.25. The lowest BCUT2D eigenvalue weighted by atomic mass is 10.1. The third kappa shape index (κ3) is 5.33. The van der Waals surface area contributed by atoms with Gasteiger partial charge in [0.2, 0.25) is 5.91 Å². The molecule has 0 radical (unpaired) electrons. The molecular weight excluding hydrogens is 282 g/mol. The van der Waals surface area contributed by atoms with Gasteiger partial charge < -0.3 is 10.1 Å². The van der Waals surface area contributed by atoms with Crippen LogP contribution >= 0.6 is 15.9 Å². The van der Waals surface area contributed by atoms with Crippen molar-refractivity contribution in [1.29, 1.82) is 0 Å². The number of amides is 1. The van der Waals surface area contributed by atoms with Crippen molar-refractivity contribution in [2.24, 2.45) is 5.92 Å². The molecular formula is C13H18BrNO2. The second-order valence-corrected chi connectivity index (χ2v) is 4.99. The van der Waals surface area contributed by atoms with E-state index in [4.69, 9.17) is 4.74 Å². The maximum absolute atomic E-state index is 11.6. The largest absolute Gasteiger partial charge is 0.384 e. The Hall–Kier alpha value is -0.870. The Kier molecular flexibility index (Phi) is 6.22. The summed E-state index contributed by atoms with van der Waals surface area (Å²) in [5.41, 5.74) is 1.08. The summed E-state index contributed by atoms with van der Waals surface area (Å²) >= 11 is 3.45. The van der Waals surface area contributed by atoms with Gasteiger partial charge in [0.15, 0.2) is 0 Å². The fraction of sp³-hybridized carbons (Fsp3) is 0.462. The van der Waals surface area contributed by atoms with Crippen molar-refractivity contribution in [1.82, 2.24) is 5.32 Å². The zero-order chi connectivity index (χ0) is 12.7. The number of halogens is 1. The van der Waals surface area contributed by atoms with Crippen LogP contribution in [0.3, 0.4) is 0 Å². The van der Waals surface area contributed by atoms with E-state index in [1.807, 2.05) is 31.2 Å². The Morgan fingerprint density at radius 2 is 2.18 bits per heavy atom. The molecule has 3 nitrogen and oxygen atoms in total. The van der Waals surface area contributed by atoms with Crippen LogP contribution in [0.25, 0.3) is 0 Å². The van der Waals surface area contributed by atoms with Gasteiger partial charge in [-0.05, 0) is 17.5 Å². The molecule has 4 heteroatoms. The molecule has 1 N–H and O–H groups in total. The van der Waals surface area contributed by atoms with Crippen LogP contribution in [0.5, 0.6) is 0 Å². The lowest BCUT2D eigenvalue weighted by molar-refractivity contribution is -0.122. The summed E-state index contributed by atoms with van der Waals surface area (Å²) in [6.07, 6.45) is 0.498.